The van der Waals surface area contributed by atoms with Gasteiger partial charge in [0.2, 0.25) is 0 Å². The molecule has 0 amide bonds. The topological polar surface area (TPSA) is 32.3 Å². The summed E-state index contributed by atoms with van der Waals surface area (Å²) in [7, 11) is 0. The van der Waals surface area contributed by atoms with E-state index >= 15 is 0 Å². The predicted octanol–water partition coefficient (Wildman–Crippen LogP) is 2.74. The largest absolute Gasteiger partial charge is 0.392 e. The average molecular weight is 221 g/mol. The summed E-state index contributed by atoms with van der Waals surface area (Å²) < 4.78 is 0. The second kappa shape index (κ2) is 6.66. The van der Waals surface area contributed by atoms with Gasteiger partial charge in [-0.25, -0.2) is 0 Å². The quantitative estimate of drug-likeness (QED) is 0.774. The fourth-order valence-electron chi connectivity index (χ4n) is 1.81. The van der Waals surface area contributed by atoms with Crippen molar-refractivity contribution < 1.29 is 5.11 Å². The van der Waals surface area contributed by atoms with Crippen LogP contribution in [-0.4, -0.2) is 17.8 Å². The standard InChI is InChI=1S/C14H23NO/c1-11(2)9-14(15-10-12(3)16)13-7-5-4-6-8-13/h4-8,11-12,14-16H,9-10H2,1-3H3. The van der Waals surface area contributed by atoms with Crippen LogP contribution in [0.4, 0.5) is 0 Å². The highest BCUT2D eigenvalue weighted by Gasteiger charge is 2.12. The van der Waals surface area contributed by atoms with Crippen molar-refractivity contribution >= 4 is 0 Å². The minimum atomic E-state index is -0.293. The first-order valence-corrected chi connectivity index (χ1v) is 6.06. The van der Waals surface area contributed by atoms with Crippen molar-refractivity contribution in [2.24, 2.45) is 5.92 Å². The van der Waals surface area contributed by atoms with Crippen LogP contribution in [-0.2, 0) is 0 Å². The SMILES string of the molecule is CC(C)CC(NCC(C)O)c1ccccc1. The van der Waals surface area contributed by atoms with Crippen molar-refractivity contribution in [1.82, 2.24) is 5.32 Å². The molecule has 0 fully saturated rings. The van der Waals surface area contributed by atoms with Crippen LogP contribution >= 0.6 is 0 Å². The van der Waals surface area contributed by atoms with Crippen LogP contribution in [0, 0.1) is 5.92 Å². The van der Waals surface area contributed by atoms with Gasteiger partial charge in [-0.05, 0) is 24.8 Å². The summed E-state index contributed by atoms with van der Waals surface area (Å²) in [6.45, 7) is 6.90. The molecule has 0 saturated carbocycles. The molecule has 0 aromatic heterocycles. The van der Waals surface area contributed by atoms with Crippen molar-refractivity contribution in [2.75, 3.05) is 6.54 Å². The van der Waals surface area contributed by atoms with Gasteiger partial charge >= 0.3 is 0 Å². The molecule has 0 saturated heterocycles. The molecule has 1 rings (SSSR count). The number of rotatable bonds is 6. The maximum absolute atomic E-state index is 9.32. The minimum Gasteiger partial charge on any atom is -0.392 e. The molecule has 2 N–H and O–H groups in total. The Hall–Kier alpha value is -0.860. The third-order valence-corrected chi connectivity index (χ3v) is 2.57. The fourth-order valence-corrected chi connectivity index (χ4v) is 1.81. The second-order valence-corrected chi connectivity index (χ2v) is 4.85. The first-order valence-electron chi connectivity index (χ1n) is 6.06. The zero-order valence-corrected chi connectivity index (χ0v) is 10.5. The lowest BCUT2D eigenvalue weighted by Gasteiger charge is -2.22. The van der Waals surface area contributed by atoms with Crippen LogP contribution in [0.2, 0.25) is 0 Å². The molecule has 0 aliphatic heterocycles. The van der Waals surface area contributed by atoms with Gasteiger partial charge in [0.05, 0.1) is 6.10 Å². The van der Waals surface area contributed by atoms with E-state index in [4.69, 9.17) is 0 Å². The van der Waals surface area contributed by atoms with Crippen molar-refractivity contribution in [2.45, 2.75) is 39.3 Å². The fraction of sp³-hybridized carbons (Fsp3) is 0.571. The molecule has 0 spiro atoms. The Morgan fingerprint density at radius 3 is 2.25 bits per heavy atom. The van der Waals surface area contributed by atoms with Crippen LogP contribution in [0.5, 0.6) is 0 Å². The summed E-state index contributed by atoms with van der Waals surface area (Å²) in [4.78, 5) is 0. The number of nitrogens with one attached hydrogen (secondary N) is 1. The van der Waals surface area contributed by atoms with E-state index in [0.29, 0.717) is 18.5 Å². The van der Waals surface area contributed by atoms with Gasteiger partial charge in [0.1, 0.15) is 0 Å². The number of aliphatic hydroxyl groups excluding tert-OH is 1. The molecule has 1 aromatic rings. The molecule has 2 atom stereocenters. The Morgan fingerprint density at radius 1 is 1.12 bits per heavy atom. The summed E-state index contributed by atoms with van der Waals surface area (Å²) in [5.41, 5.74) is 1.30. The Balaban J connectivity index is 2.64. The first kappa shape index (κ1) is 13.2. The van der Waals surface area contributed by atoms with Gasteiger partial charge in [0, 0.05) is 12.6 Å². The summed E-state index contributed by atoms with van der Waals surface area (Å²) in [5.74, 6) is 0.645. The Labute approximate surface area is 98.7 Å². The van der Waals surface area contributed by atoms with Crippen LogP contribution < -0.4 is 5.32 Å². The molecule has 90 valence electrons. The number of aliphatic hydroxyl groups is 1. The molecular formula is C14H23NO. The zero-order chi connectivity index (χ0) is 12.0. The summed E-state index contributed by atoms with van der Waals surface area (Å²) in [5, 5.41) is 12.7. The summed E-state index contributed by atoms with van der Waals surface area (Å²) in [6.07, 6.45) is 0.801. The monoisotopic (exact) mass is 221 g/mol. The summed E-state index contributed by atoms with van der Waals surface area (Å²) in [6, 6.07) is 10.8. The lowest BCUT2D eigenvalue weighted by molar-refractivity contribution is 0.184. The van der Waals surface area contributed by atoms with Gasteiger partial charge in [0.15, 0.2) is 0 Å². The smallest absolute Gasteiger partial charge is 0.0636 e. The molecular weight excluding hydrogens is 198 g/mol. The molecule has 2 unspecified atom stereocenters. The first-order chi connectivity index (χ1) is 7.59. The normalized spacial score (nSPS) is 15.1. The summed E-state index contributed by atoms with van der Waals surface area (Å²) >= 11 is 0. The highest BCUT2D eigenvalue weighted by Crippen LogP contribution is 2.20. The van der Waals surface area contributed by atoms with E-state index in [0.717, 1.165) is 6.42 Å². The highest BCUT2D eigenvalue weighted by molar-refractivity contribution is 5.18. The highest BCUT2D eigenvalue weighted by atomic mass is 16.3. The molecule has 2 nitrogen and oxygen atoms in total. The number of hydrogen-bond acceptors (Lipinski definition) is 2. The van der Waals surface area contributed by atoms with Crippen LogP contribution in [0.25, 0.3) is 0 Å². The molecule has 0 bridgehead atoms. The van der Waals surface area contributed by atoms with Crippen molar-refractivity contribution in [3.05, 3.63) is 35.9 Å². The molecule has 1 aromatic carbocycles. The van der Waals surface area contributed by atoms with E-state index in [1.165, 1.54) is 5.56 Å². The molecule has 0 aliphatic carbocycles. The van der Waals surface area contributed by atoms with Gasteiger partial charge < -0.3 is 10.4 Å². The Bertz CT molecular complexity index is 282. The third kappa shape index (κ3) is 4.77. The van der Waals surface area contributed by atoms with Crippen molar-refractivity contribution in [1.29, 1.82) is 0 Å². The van der Waals surface area contributed by atoms with E-state index < -0.39 is 0 Å². The number of benzene rings is 1. The van der Waals surface area contributed by atoms with E-state index in [1.807, 2.05) is 13.0 Å². The van der Waals surface area contributed by atoms with E-state index in [-0.39, 0.29) is 6.10 Å². The zero-order valence-electron chi connectivity index (χ0n) is 10.5. The Kier molecular flexibility index (Phi) is 5.50. The van der Waals surface area contributed by atoms with Crippen LogP contribution in [0.3, 0.4) is 0 Å². The van der Waals surface area contributed by atoms with Crippen molar-refractivity contribution in [3.63, 3.8) is 0 Å². The number of hydrogen-bond donors (Lipinski definition) is 2. The second-order valence-electron chi connectivity index (χ2n) is 4.85. The Morgan fingerprint density at radius 2 is 1.75 bits per heavy atom. The van der Waals surface area contributed by atoms with Crippen LogP contribution in [0.15, 0.2) is 30.3 Å². The maximum atomic E-state index is 9.32. The van der Waals surface area contributed by atoms with E-state index in [2.05, 4.69) is 43.4 Å². The molecule has 16 heavy (non-hydrogen) atoms. The molecule has 0 radical (unpaired) electrons. The lowest BCUT2D eigenvalue weighted by Crippen LogP contribution is -2.29. The van der Waals surface area contributed by atoms with Crippen molar-refractivity contribution in [3.8, 4) is 0 Å². The average Bonchev–Trinajstić information content (AvgIpc) is 2.25. The van der Waals surface area contributed by atoms with Gasteiger partial charge in [-0.3, -0.25) is 0 Å². The molecule has 0 aliphatic rings. The minimum absolute atomic E-state index is 0.293. The van der Waals surface area contributed by atoms with Crippen LogP contribution in [0.1, 0.15) is 38.8 Å². The van der Waals surface area contributed by atoms with Gasteiger partial charge in [-0.15, -0.1) is 0 Å². The van der Waals surface area contributed by atoms with Gasteiger partial charge in [-0.2, -0.15) is 0 Å². The van der Waals surface area contributed by atoms with Gasteiger partial charge in [-0.1, -0.05) is 44.2 Å². The molecule has 0 heterocycles. The maximum Gasteiger partial charge on any atom is 0.0636 e. The lowest BCUT2D eigenvalue weighted by atomic mass is 9.97. The predicted molar refractivity (Wildman–Crippen MR) is 68.3 cm³/mol. The van der Waals surface area contributed by atoms with E-state index in [1.54, 1.807) is 0 Å². The molecule has 2 heteroatoms. The third-order valence-electron chi connectivity index (χ3n) is 2.57. The van der Waals surface area contributed by atoms with Gasteiger partial charge in [0.25, 0.3) is 0 Å². The van der Waals surface area contributed by atoms with E-state index in [9.17, 15) is 5.11 Å².